The minimum Gasteiger partial charge on any atom is -0.493 e. The SMILES string of the molecule is COc1c(C2CCCCN2)cc(F)c(Cl)c1F. The smallest absolute Gasteiger partial charge is 0.186 e. The maximum absolute atomic E-state index is 13.8. The van der Waals surface area contributed by atoms with Crippen molar-refractivity contribution in [1.29, 1.82) is 0 Å². The first-order valence-corrected chi connectivity index (χ1v) is 5.97. The number of piperidine rings is 1. The average Bonchev–Trinajstić information content (AvgIpc) is 2.36. The zero-order valence-electron chi connectivity index (χ0n) is 9.53. The lowest BCUT2D eigenvalue weighted by atomic mass is 9.96. The van der Waals surface area contributed by atoms with E-state index in [1.807, 2.05) is 0 Å². The Kier molecular flexibility index (Phi) is 3.84. The second kappa shape index (κ2) is 5.19. The van der Waals surface area contributed by atoms with Gasteiger partial charge in [0.05, 0.1) is 7.11 Å². The van der Waals surface area contributed by atoms with Gasteiger partial charge in [-0.2, -0.15) is 0 Å². The summed E-state index contributed by atoms with van der Waals surface area (Å²) >= 11 is 5.52. The van der Waals surface area contributed by atoms with E-state index in [0.29, 0.717) is 5.56 Å². The number of benzene rings is 1. The number of hydrogen-bond acceptors (Lipinski definition) is 2. The summed E-state index contributed by atoms with van der Waals surface area (Å²) in [5.41, 5.74) is 0.506. The van der Waals surface area contributed by atoms with Gasteiger partial charge in [0.15, 0.2) is 11.6 Å². The molecule has 0 amide bonds. The highest BCUT2D eigenvalue weighted by atomic mass is 35.5. The Labute approximate surface area is 104 Å². The number of ether oxygens (including phenoxy) is 1. The Morgan fingerprint density at radius 3 is 2.76 bits per heavy atom. The van der Waals surface area contributed by atoms with Gasteiger partial charge in [0.1, 0.15) is 10.8 Å². The van der Waals surface area contributed by atoms with Gasteiger partial charge in [-0.15, -0.1) is 0 Å². The molecule has 1 fully saturated rings. The minimum absolute atomic E-state index is 0.0378. The predicted octanol–water partition coefficient (Wildman–Crippen LogP) is 3.44. The molecular weight excluding hydrogens is 248 g/mol. The fourth-order valence-corrected chi connectivity index (χ4v) is 2.32. The normalized spacial score (nSPS) is 20.4. The van der Waals surface area contributed by atoms with Crippen LogP contribution in [0.3, 0.4) is 0 Å². The summed E-state index contributed by atoms with van der Waals surface area (Å²) in [5.74, 6) is -1.53. The average molecular weight is 262 g/mol. The molecule has 0 spiro atoms. The zero-order chi connectivity index (χ0) is 12.4. The predicted molar refractivity (Wildman–Crippen MR) is 62.5 cm³/mol. The third-order valence-electron chi connectivity index (χ3n) is 3.04. The van der Waals surface area contributed by atoms with Crippen molar-refractivity contribution in [2.45, 2.75) is 25.3 Å². The van der Waals surface area contributed by atoms with Gasteiger partial charge in [0.25, 0.3) is 0 Å². The fourth-order valence-electron chi connectivity index (χ4n) is 2.18. The lowest BCUT2D eigenvalue weighted by Gasteiger charge is -2.25. The molecule has 0 saturated carbocycles. The molecule has 1 aromatic carbocycles. The first-order chi connectivity index (χ1) is 8.15. The number of hydrogen-bond donors (Lipinski definition) is 1. The third-order valence-corrected chi connectivity index (χ3v) is 3.38. The Balaban J connectivity index is 2.44. The molecule has 2 rings (SSSR count). The summed E-state index contributed by atoms with van der Waals surface area (Å²) in [6, 6.07) is 1.19. The molecule has 1 aliphatic heterocycles. The van der Waals surface area contributed by atoms with Crippen molar-refractivity contribution < 1.29 is 13.5 Å². The monoisotopic (exact) mass is 261 g/mol. The standard InChI is InChI=1S/C12H14ClF2NO/c1-17-12-7(9-4-2-3-5-16-9)6-8(14)10(13)11(12)15/h6,9,16H,2-5H2,1H3. The van der Waals surface area contributed by atoms with Crippen molar-refractivity contribution in [3.63, 3.8) is 0 Å². The molecule has 1 saturated heterocycles. The molecular formula is C12H14ClF2NO. The van der Waals surface area contributed by atoms with Crippen LogP contribution in [0, 0.1) is 11.6 Å². The second-order valence-corrected chi connectivity index (χ2v) is 4.49. The minimum atomic E-state index is -0.823. The van der Waals surface area contributed by atoms with Crippen molar-refractivity contribution in [3.8, 4) is 5.75 Å². The van der Waals surface area contributed by atoms with Crippen LogP contribution in [0.1, 0.15) is 30.9 Å². The number of halogens is 3. The molecule has 0 aliphatic carbocycles. The van der Waals surface area contributed by atoms with E-state index in [4.69, 9.17) is 16.3 Å². The maximum Gasteiger partial charge on any atom is 0.186 e. The lowest BCUT2D eigenvalue weighted by Crippen LogP contribution is -2.27. The second-order valence-electron chi connectivity index (χ2n) is 4.11. The third kappa shape index (κ3) is 2.38. The van der Waals surface area contributed by atoms with E-state index in [-0.39, 0.29) is 11.8 Å². The Morgan fingerprint density at radius 1 is 1.41 bits per heavy atom. The van der Waals surface area contributed by atoms with Gasteiger partial charge in [0, 0.05) is 11.6 Å². The molecule has 1 heterocycles. The first kappa shape index (κ1) is 12.6. The molecule has 17 heavy (non-hydrogen) atoms. The summed E-state index contributed by atoms with van der Waals surface area (Å²) < 4.78 is 32.2. The van der Waals surface area contributed by atoms with Crippen LogP contribution in [0.15, 0.2) is 6.07 Å². The van der Waals surface area contributed by atoms with Gasteiger partial charge in [-0.25, -0.2) is 8.78 Å². The van der Waals surface area contributed by atoms with Crippen molar-refractivity contribution >= 4 is 11.6 Å². The number of rotatable bonds is 2. The van der Waals surface area contributed by atoms with E-state index in [2.05, 4.69) is 5.32 Å². The van der Waals surface area contributed by atoms with E-state index in [9.17, 15) is 8.78 Å². The highest BCUT2D eigenvalue weighted by Gasteiger charge is 2.24. The van der Waals surface area contributed by atoms with Crippen LogP contribution in [0.4, 0.5) is 8.78 Å². The Morgan fingerprint density at radius 2 is 2.18 bits per heavy atom. The van der Waals surface area contributed by atoms with Crippen LogP contribution >= 0.6 is 11.6 Å². The Hall–Kier alpha value is -0.870. The first-order valence-electron chi connectivity index (χ1n) is 5.60. The van der Waals surface area contributed by atoms with Gasteiger partial charge in [-0.1, -0.05) is 18.0 Å². The molecule has 1 N–H and O–H groups in total. The summed E-state index contributed by atoms with van der Waals surface area (Å²) in [4.78, 5) is 0. The molecule has 94 valence electrons. The van der Waals surface area contributed by atoms with Crippen LogP contribution in [0.2, 0.25) is 5.02 Å². The quantitative estimate of drug-likeness (QED) is 0.824. The van der Waals surface area contributed by atoms with Crippen LogP contribution in [-0.4, -0.2) is 13.7 Å². The highest BCUT2D eigenvalue weighted by Crippen LogP contribution is 2.37. The maximum atomic E-state index is 13.8. The van der Waals surface area contributed by atoms with E-state index >= 15 is 0 Å². The van der Waals surface area contributed by atoms with Crippen LogP contribution in [-0.2, 0) is 0 Å². The largest absolute Gasteiger partial charge is 0.493 e. The summed E-state index contributed by atoms with van der Waals surface area (Å²) in [5, 5.41) is 2.71. The van der Waals surface area contributed by atoms with Gasteiger partial charge in [-0.05, 0) is 25.5 Å². The van der Waals surface area contributed by atoms with Gasteiger partial charge < -0.3 is 10.1 Å². The van der Waals surface area contributed by atoms with Gasteiger partial charge >= 0.3 is 0 Å². The molecule has 1 aliphatic rings. The van der Waals surface area contributed by atoms with E-state index < -0.39 is 16.7 Å². The number of methoxy groups -OCH3 is 1. The van der Waals surface area contributed by atoms with Crippen LogP contribution < -0.4 is 10.1 Å². The molecule has 2 nitrogen and oxygen atoms in total. The topological polar surface area (TPSA) is 21.3 Å². The summed E-state index contributed by atoms with van der Waals surface area (Å²) in [6.45, 7) is 0.847. The molecule has 0 bridgehead atoms. The van der Waals surface area contributed by atoms with E-state index in [1.165, 1.54) is 13.2 Å². The van der Waals surface area contributed by atoms with Crippen LogP contribution in [0.25, 0.3) is 0 Å². The molecule has 1 unspecified atom stereocenters. The zero-order valence-corrected chi connectivity index (χ0v) is 10.3. The van der Waals surface area contributed by atoms with E-state index in [0.717, 1.165) is 25.8 Å². The fraction of sp³-hybridized carbons (Fsp3) is 0.500. The number of nitrogens with one attached hydrogen (secondary N) is 1. The molecule has 1 aromatic rings. The molecule has 0 radical (unpaired) electrons. The summed E-state index contributed by atoms with van der Waals surface area (Å²) in [6.07, 6.45) is 2.96. The van der Waals surface area contributed by atoms with Crippen LogP contribution in [0.5, 0.6) is 5.75 Å². The molecule has 0 aromatic heterocycles. The van der Waals surface area contributed by atoms with Crippen molar-refractivity contribution in [2.24, 2.45) is 0 Å². The summed E-state index contributed by atoms with van der Waals surface area (Å²) in [7, 11) is 1.36. The molecule has 1 atom stereocenters. The highest BCUT2D eigenvalue weighted by molar-refractivity contribution is 6.31. The van der Waals surface area contributed by atoms with Crippen molar-refractivity contribution in [3.05, 3.63) is 28.3 Å². The van der Waals surface area contributed by atoms with Gasteiger partial charge in [-0.3, -0.25) is 0 Å². The van der Waals surface area contributed by atoms with Crippen molar-refractivity contribution in [2.75, 3.05) is 13.7 Å². The van der Waals surface area contributed by atoms with E-state index in [1.54, 1.807) is 0 Å². The lowest BCUT2D eigenvalue weighted by molar-refractivity contribution is 0.353. The van der Waals surface area contributed by atoms with Crippen molar-refractivity contribution in [1.82, 2.24) is 5.32 Å². The Bertz CT molecular complexity index is 419. The van der Waals surface area contributed by atoms with Gasteiger partial charge in [0.2, 0.25) is 0 Å². The molecule has 5 heteroatoms.